The summed E-state index contributed by atoms with van der Waals surface area (Å²) in [6.45, 7) is 3.60. The molecule has 3 rings (SSSR count). The van der Waals surface area contributed by atoms with Crippen LogP contribution >= 0.6 is 0 Å². The van der Waals surface area contributed by atoms with Gasteiger partial charge in [-0.05, 0) is 12.5 Å². The normalized spacial score (nSPS) is 18.6. The van der Waals surface area contributed by atoms with Crippen molar-refractivity contribution in [2.75, 3.05) is 11.9 Å². The predicted octanol–water partition coefficient (Wildman–Crippen LogP) is 1.01. The molecular formula is C12H15N5. The fraction of sp³-hybridized carbons (Fsp3) is 0.333. The Balaban J connectivity index is 2.11. The minimum atomic E-state index is 0.112. The standard InChI is InChI=1S/C12H15N5/c1-8-4-2-3-5-10(8)11-15-16-12-14-6-9(13)7-17(11)12/h2-5,9H,6-7,13H2,1H3,(H,14,16). The van der Waals surface area contributed by atoms with Gasteiger partial charge in [-0.2, -0.15) is 0 Å². The summed E-state index contributed by atoms with van der Waals surface area (Å²) in [5.74, 6) is 1.70. The highest BCUT2D eigenvalue weighted by atomic mass is 15.4. The molecule has 0 saturated heterocycles. The molecule has 0 spiro atoms. The maximum atomic E-state index is 5.95. The van der Waals surface area contributed by atoms with E-state index in [4.69, 9.17) is 5.73 Å². The monoisotopic (exact) mass is 229 g/mol. The van der Waals surface area contributed by atoms with E-state index in [-0.39, 0.29) is 6.04 Å². The molecule has 0 amide bonds. The lowest BCUT2D eigenvalue weighted by atomic mass is 10.1. The third kappa shape index (κ3) is 1.68. The zero-order valence-corrected chi connectivity index (χ0v) is 9.72. The second-order valence-electron chi connectivity index (χ2n) is 4.41. The van der Waals surface area contributed by atoms with Crippen LogP contribution in [0.5, 0.6) is 0 Å². The van der Waals surface area contributed by atoms with Crippen molar-refractivity contribution >= 4 is 5.95 Å². The van der Waals surface area contributed by atoms with Gasteiger partial charge < -0.3 is 11.1 Å². The molecule has 5 heteroatoms. The smallest absolute Gasteiger partial charge is 0.225 e. The molecular weight excluding hydrogens is 214 g/mol. The molecule has 5 nitrogen and oxygen atoms in total. The minimum absolute atomic E-state index is 0.112. The zero-order chi connectivity index (χ0) is 11.8. The van der Waals surface area contributed by atoms with Crippen molar-refractivity contribution < 1.29 is 0 Å². The van der Waals surface area contributed by atoms with Gasteiger partial charge >= 0.3 is 0 Å². The fourth-order valence-electron chi connectivity index (χ4n) is 2.15. The van der Waals surface area contributed by atoms with Gasteiger partial charge in [0.2, 0.25) is 5.95 Å². The maximum Gasteiger partial charge on any atom is 0.225 e. The Hall–Kier alpha value is -1.88. The highest BCUT2D eigenvalue weighted by Crippen LogP contribution is 2.25. The van der Waals surface area contributed by atoms with Crippen molar-refractivity contribution in [3.8, 4) is 11.4 Å². The van der Waals surface area contributed by atoms with Crippen LogP contribution in [0.2, 0.25) is 0 Å². The summed E-state index contributed by atoms with van der Waals surface area (Å²) in [7, 11) is 0. The summed E-state index contributed by atoms with van der Waals surface area (Å²) in [5, 5.41) is 11.6. The minimum Gasteiger partial charge on any atom is -0.353 e. The Bertz CT molecular complexity index is 546. The Labute approximate surface area is 99.7 Å². The molecule has 0 saturated carbocycles. The van der Waals surface area contributed by atoms with Crippen LogP contribution in [0.1, 0.15) is 5.56 Å². The third-order valence-corrected chi connectivity index (χ3v) is 3.08. The van der Waals surface area contributed by atoms with E-state index in [1.165, 1.54) is 5.56 Å². The molecule has 0 fully saturated rings. The third-order valence-electron chi connectivity index (χ3n) is 3.08. The Morgan fingerprint density at radius 3 is 3.00 bits per heavy atom. The number of aryl methyl sites for hydroxylation is 1. The maximum absolute atomic E-state index is 5.95. The number of fused-ring (bicyclic) bond motifs is 1. The molecule has 1 aromatic heterocycles. The molecule has 17 heavy (non-hydrogen) atoms. The van der Waals surface area contributed by atoms with E-state index in [0.717, 1.165) is 30.4 Å². The van der Waals surface area contributed by atoms with Crippen molar-refractivity contribution in [1.29, 1.82) is 0 Å². The van der Waals surface area contributed by atoms with E-state index in [2.05, 4.69) is 39.1 Å². The number of nitrogens with two attached hydrogens (primary N) is 1. The van der Waals surface area contributed by atoms with Gasteiger partial charge in [0, 0.05) is 24.7 Å². The van der Waals surface area contributed by atoms with Crippen LogP contribution in [-0.4, -0.2) is 27.4 Å². The molecule has 1 unspecified atom stereocenters. The summed E-state index contributed by atoms with van der Waals surface area (Å²) in [4.78, 5) is 0. The quantitative estimate of drug-likeness (QED) is 0.765. The lowest BCUT2D eigenvalue weighted by molar-refractivity contribution is 0.545. The van der Waals surface area contributed by atoms with E-state index >= 15 is 0 Å². The molecule has 3 N–H and O–H groups in total. The number of hydrogen-bond donors (Lipinski definition) is 2. The summed E-state index contributed by atoms with van der Waals surface area (Å²) in [6.07, 6.45) is 0. The Morgan fingerprint density at radius 1 is 1.35 bits per heavy atom. The van der Waals surface area contributed by atoms with Gasteiger partial charge in [-0.15, -0.1) is 10.2 Å². The van der Waals surface area contributed by atoms with Crippen LogP contribution < -0.4 is 11.1 Å². The number of benzene rings is 1. The van der Waals surface area contributed by atoms with Crippen LogP contribution in [0.4, 0.5) is 5.95 Å². The van der Waals surface area contributed by atoms with Crippen LogP contribution in [0, 0.1) is 6.92 Å². The molecule has 88 valence electrons. The molecule has 1 aliphatic heterocycles. The average Bonchev–Trinajstić information content (AvgIpc) is 2.72. The largest absolute Gasteiger partial charge is 0.353 e. The van der Waals surface area contributed by atoms with Crippen molar-refractivity contribution in [3.05, 3.63) is 29.8 Å². The molecule has 2 heterocycles. The first-order valence-corrected chi connectivity index (χ1v) is 5.74. The zero-order valence-electron chi connectivity index (χ0n) is 9.72. The number of nitrogens with one attached hydrogen (secondary N) is 1. The van der Waals surface area contributed by atoms with Crippen molar-refractivity contribution in [2.45, 2.75) is 19.5 Å². The van der Waals surface area contributed by atoms with Crippen LogP contribution in [-0.2, 0) is 6.54 Å². The molecule has 0 aliphatic carbocycles. The lowest BCUT2D eigenvalue weighted by Crippen LogP contribution is -2.38. The molecule has 1 aliphatic rings. The first kappa shape index (κ1) is 10.3. The Morgan fingerprint density at radius 2 is 2.18 bits per heavy atom. The summed E-state index contributed by atoms with van der Waals surface area (Å²) >= 11 is 0. The summed E-state index contributed by atoms with van der Waals surface area (Å²) < 4.78 is 2.05. The number of hydrogen-bond acceptors (Lipinski definition) is 4. The lowest BCUT2D eigenvalue weighted by Gasteiger charge is -2.22. The second kappa shape index (κ2) is 3.85. The average molecular weight is 229 g/mol. The van der Waals surface area contributed by atoms with Gasteiger partial charge in [0.15, 0.2) is 5.82 Å². The number of aromatic nitrogens is 3. The van der Waals surface area contributed by atoms with Gasteiger partial charge in [-0.1, -0.05) is 24.3 Å². The van der Waals surface area contributed by atoms with Crippen LogP contribution in [0.25, 0.3) is 11.4 Å². The Kier molecular flexibility index (Phi) is 2.33. The van der Waals surface area contributed by atoms with E-state index in [0.29, 0.717) is 0 Å². The molecule has 2 aromatic rings. The molecule has 0 bridgehead atoms. The predicted molar refractivity (Wildman–Crippen MR) is 66.7 cm³/mol. The van der Waals surface area contributed by atoms with Crippen molar-refractivity contribution in [2.24, 2.45) is 5.73 Å². The van der Waals surface area contributed by atoms with Gasteiger partial charge in [0.05, 0.1) is 0 Å². The number of rotatable bonds is 1. The van der Waals surface area contributed by atoms with Gasteiger partial charge in [0.25, 0.3) is 0 Å². The summed E-state index contributed by atoms with van der Waals surface area (Å²) in [5.41, 5.74) is 8.26. The van der Waals surface area contributed by atoms with E-state index in [9.17, 15) is 0 Å². The summed E-state index contributed by atoms with van der Waals surface area (Å²) in [6, 6.07) is 8.29. The van der Waals surface area contributed by atoms with E-state index < -0.39 is 0 Å². The van der Waals surface area contributed by atoms with Crippen molar-refractivity contribution in [3.63, 3.8) is 0 Å². The van der Waals surface area contributed by atoms with Gasteiger partial charge in [0.1, 0.15) is 0 Å². The van der Waals surface area contributed by atoms with E-state index in [1.807, 2.05) is 12.1 Å². The van der Waals surface area contributed by atoms with Crippen molar-refractivity contribution in [1.82, 2.24) is 14.8 Å². The van der Waals surface area contributed by atoms with Gasteiger partial charge in [-0.25, -0.2) is 0 Å². The first-order chi connectivity index (χ1) is 8.25. The number of nitrogens with zero attached hydrogens (tertiary/aromatic N) is 3. The number of anilines is 1. The first-order valence-electron chi connectivity index (χ1n) is 5.74. The highest BCUT2D eigenvalue weighted by Gasteiger charge is 2.21. The molecule has 1 aromatic carbocycles. The van der Waals surface area contributed by atoms with Gasteiger partial charge in [-0.3, -0.25) is 4.57 Å². The highest BCUT2D eigenvalue weighted by molar-refractivity contribution is 5.62. The second-order valence-corrected chi connectivity index (χ2v) is 4.41. The molecule has 1 atom stereocenters. The fourth-order valence-corrected chi connectivity index (χ4v) is 2.15. The topological polar surface area (TPSA) is 68.8 Å². The van der Waals surface area contributed by atoms with Crippen LogP contribution in [0.15, 0.2) is 24.3 Å². The van der Waals surface area contributed by atoms with E-state index in [1.54, 1.807) is 0 Å². The SMILES string of the molecule is Cc1ccccc1-c1nnc2n1CC(N)CN2. The molecule has 0 radical (unpaired) electrons. The van der Waals surface area contributed by atoms with Crippen LogP contribution in [0.3, 0.4) is 0 Å².